The summed E-state index contributed by atoms with van der Waals surface area (Å²) in [4.78, 5) is 26.5. The van der Waals surface area contributed by atoms with E-state index in [2.05, 4.69) is 11.8 Å². The normalized spacial score (nSPS) is 15.6. The second-order valence-electron chi connectivity index (χ2n) is 10.6. The zero-order chi connectivity index (χ0) is 29.3. The number of benzene rings is 3. The van der Waals surface area contributed by atoms with Crippen molar-refractivity contribution in [1.29, 1.82) is 0 Å². The van der Waals surface area contributed by atoms with Crippen LogP contribution in [-0.2, 0) is 22.0 Å². The minimum Gasteiger partial charge on any atom is -0.443 e. The lowest BCUT2D eigenvalue weighted by Gasteiger charge is -2.39. The van der Waals surface area contributed by atoms with Crippen LogP contribution in [0.25, 0.3) is 0 Å². The smallest absolute Gasteiger partial charge is 0.289 e. The maximum Gasteiger partial charge on any atom is 0.289 e. The summed E-state index contributed by atoms with van der Waals surface area (Å²) in [5, 5.41) is 0. The zero-order valence-corrected chi connectivity index (χ0v) is 23.6. The summed E-state index contributed by atoms with van der Waals surface area (Å²) >= 11 is 0. The van der Waals surface area contributed by atoms with Gasteiger partial charge in [0, 0.05) is 42.7 Å². The molecule has 2 aliphatic heterocycles. The molecule has 42 heavy (non-hydrogen) atoms. The summed E-state index contributed by atoms with van der Waals surface area (Å²) in [6.07, 6.45) is 1.78. The Hall–Kier alpha value is -4.65. The number of amides is 1. The van der Waals surface area contributed by atoms with Gasteiger partial charge in [0.1, 0.15) is 6.29 Å². The second-order valence-corrected chi connectivity index (χ2v) is 12.5. The number of rotatable bonds is 5. The fourth-order valence-corrected chi connectivity index (χ4v) is 7.41. The third kappa shape index (κ3) is 5.00. The summed E-state index contributed by atoms with van der Waals surface area (Å²) < 4.78 is 34.9. The number of aldehydes is 1. The highest BCUT2D eigenvalue weighted by atomic mass is 32.2. The maximum absolute atomic E-state index is 13.8. The molecule has 1 amide bonds. The number of hydrogen-bond donors (Lipinski definition) is 1. The van der Waals surface area contributed by atoms with Crippen molar-refractivity contribution in [2.45, 2.75) is 29.7 Å². The number of likely N-dealkylation sites (tertiary alicyclic amines) is 1. The van der Waals surface area contributed by atoms with Crippen molar-refractivity contribution in [2.75, 3.05) is 23.9 Å². The molecule has 1 fully saturated rings. The fourth-order valence-electron chi connectivity index (χ4n) is 5.78. The number of sulfonamides is 1. The Morgan fingerprint density at radius 3 is 2.48 bits per heavy atom. The molecule has 1 saturated heterocycles. The highest BCUT2D eigenvalue weighted by molar-refractivity contribution is 7.92. The van der Waals surface area contributed by atoms with E-state index in [1.807, 2.05) is 48.5 Å². The third-order valence-corrected chi connectivity index (χ3v) is 9.85. The number of nitrogens with two attached hydrogens (primary N) is 1. The van der Waals surface area contributed by atoms with Crippen LogP contribution in [0.2, 0.25) is 0 Å². The molecule has 1 spiro atoms. The van der Waals surface area contributed by atoms with Crippen LogP contribution >= 0.6 is 0 Å². The van der Waals surface area contributed by atoms with Gasteiger partial charge < -0.3 is 15.1 Å². The van der Waals surface area contributed by atoms with Crippen molar-refractivity contribution in [2.24, 2.45) is 5.73 Å². The number of carbonyl (C=O) groups excluding carboxylic acids is 2. The fraction of sp³-hybridized carbons (Fsp3) is 0.212. The number of piperidine rings is 1. The minimum atomic E-state index is -3.94. The lowest BCUT2D eigenvalue weighted by molar-refractivity contribution is 0.0642. The molecule has 2 aliphatic rings. The van der Waals surface area contributed by atoms with Crippen LogP contribution in [0.5, 0.6) is 0 Å². The first kappa shape index (κ1) is 27.5. The summed E-state index contributed by atoms with van der Waals surface area (Å²) in [6, 6.07) is 24.6. The molecule has 3 aromatic carbocycles. The van der Waals surface area contributed by atoms with Gasteiger partial charge in [0.15, 0.2) is 11.5 Å². The molecule has 9 heteroatoms. The highest BCUT2D eigenvalue weighted by Gasteiger charge is 2.49. The monoisotopic (exact) mass is 579 g/mol. The average molecular weight is 580 g/mol. The Kier molecular flexibility index (Phi) is 7.19. The standard InChI is InChI=1S/C33H29N3O5S/c34-21-25-10-13-30-29(20-25)33(23-36(30)42(39,40)28-8-4-7-26(19-28)22-37)15-17-35(18-16-33)32(38)31-14-12-27(41-31)11-9-24-5-2-1-3-6-24/h1-8,10,12-14,19-20,22H,15-18,21,23,34H2. The van der Waals surface area contributed by atoms with Gasteiger partial charge in [0.25, 0.3) is 15.9 Å². The molecule has 2 N–H and O–H groups in total. The molecule has 0 bridgehead atoms. The molecule has 0 unspecified atom stereocenters. The molecule has 0 saturated carbocycles. The SMILES string of the molecule is NCc1ccc2c(c1)C1(CCN(C(=O)c3ccc(C#Cc4ccccc4)o3)CC1)CN2S(=O)(=O)c1cccc(C=O)c1. The van der Waals surface area contributed by atoms with Crippen molar-refractivity contribution in [3.05, 3.63) is 119 Å². The zero-order valence-electron chi connectivity index (χ0n) is 22.8. The van der Waals surface area contributed by atoms with E-state index in [9.17, 15) is 18.0 Å². The van der Waals surface area contributed by atoms with Gasteiger partial charge in [0.05, 0.1) is 10.6 Å². The number of anilines is 1. The molecule has 0 radical (unpaired) electrons. The molecule has 0 aliphatic carbocycles. The van der Waals surface area contributed by atoms with E-state index in [1.165, 1.54) is 16.4 Å². The van der Waals surface area contributed by atoms with Crippen molar-refractivity contribution in [3.8, 4) is 11.8 Å². The molecular formula is C33H29N3O5S. The second kappa shape index (κ2) is 11.0. The molecule has 212 valence electrons. The van der Waals surface area contributed by atoms with Crippen LogP contribution < -0.4 is 10.0 Å². The van der Waals surface area contributed by atoms with Gasteiger partial charge in [-0.05, 0) is 72.4 Å². The molecule has 8 nitrogen and oxygen atoms in total. The van der Waals surface area contributed by atoms with Gasteiger partial charge in [-0.25, -0.2) is 8.42 Å². The predicted molar refractivity (Wildman–Crippen MR) is 159 cm³/mol. The Morgan fingerprint density at radius 1 is 0.952 bits per heavy atom. The van der Waals surface area contributed by atoms with Gasteiger partial charge in [-0.3, -0.25) is 13.9 Å². The third-order valence-electron chi connectivity index (χ3n) is 8.09. The molecule has 6 rings (SSSR count). The molecule has 1 aromatic heterocycles. The summed E-state index contributed by atoms with van der Waals surface area (Å²) in [6.45, 7) is 1.44. The van der Waals surface area contributed by atoms with E-state index >= 15 is 0 Å². The van der Waals surface area contributed by atoms with Crippen molar-refractivity contribution in [3.63, 3.8) is 0 Å². The van der Waals surface area contributed by atoms with Crippen molar-refractivity contribution >= 4 is 27.9 Å². The van der Waals surface area contributed by atoms with E-state index < -0.39 is 15.4 Å². The summed E-state index contributed by atoms with van der Waals surface area (Å²) in [5.41, 5.74) is 9.05. The van der Waals surface area contributed by atoms with E-state index in [0.717, 1.165) is 16.7 Å². The first-order chi connectivity index (χ1) is 20.3. The van der Waals surface area contributed by atoms with Crippen molar-refractivity contribution in [1.82, 2.24) is 4.90 Å². The van der Waals surface area contributed by atoms with E-state index in [4.69, 9.17) is 10.2 Å². The van der Waals surface area contributed by atoms with Crippen LogP contribution in [-0.4, -0.2) is 45.1 Å². The first-order valence-electron chi connectivity index (χ1n) is 13.7. The molecule has 4 aromatic rings. The maximum atomic E-state index is 13.8. The summed E-state index contributed by atoms with van der Waals surface area (Å²) in [5.74, 6) is 6.40. The lowest BCUT2D eigenvalue weighted by atomic mass is 9.74. The average Bonchev–Trinajstić information content (AvgIpc) is 3.64. The van der Waals surface area contributed by atoms with Crippen LogP contribution in [0.15, 0.2) is 94.2 Å². The van der Waals surface area contributed by atoms with Gasteiger partial charge in [-0.1, -0.05) is 48.4 Å². The Bertz CT molecular complexity index is 1830. The molecule has 0 atom stereocenters. The predicted octanol–water partition coefficient (Wildman–Crippen LogP) is 4.33. The number of nitrogens with zero attached hydrogens (tertiary/aromatic N) is 2. The summed E-state index contributed by atoms with van der Waals surface area (Å²) in [7, 11) is -3.94. The van der Waals surface area contributed by atoms with Gasteiger partial charge >= 0.3 is 0 Å². The highest BCUT2D eigenvalue weighted by Crippen LogP contribution is 2.49. The van der Waals surface area contributed by atoms with E-state index in [0.29, 0.717) is 55.8 Å². The largest absolute Gasteiger partial charge is 0.443 e. The van der Waals surface area contributed by atoms with Crippen LogP contribution in [0.4, 0.5) is 5.69 Å². The van der Waals surface area contributed by atoms with Gasteiger partial charge in [0.2, 0.25) is 0 Å². The number of hydrogen-bond acceptors (Lipinski definition) is 6. The Balaban J connectivity index is 1.23. The Labute approximate surface area is 244 Å². The van der Waals surface area contributed by atoms with E-state index in [-0.39, 0.29) is 23.1 Å². The molecular weight excluding hydrogens is 550 g/mol. The number of carbonyl (C=O) groups is 2. The quantitative estimate of drug-likeness (QED) is 0.278. The number of fused-ring (bicyclic) bond motifs is 2. The Morgan fingerprint density at radius 2 is 1.74 bits per heavy atom. The van der Waals surface area contributed by atoms with Crippen LogP contribution in [0.3, 0.4) is 0 Å². The first-order valence-corrected chi connectivity index (χ1v) is 15.1. The van der Waals surface area contributed by atoms with Gasteiger partial charge in [-0.2, -0.15) is 0 Å². The number of furan rings is 1. The lowest BCUT2D eigenvalue weighted by Crippen LogP contribution is -2.47. The van der Waals surface area contributed by atoms with Gasteiger partial charge in [-0.15, -0.1) is 0 Å². The van der Waals surface area contributed by atoms with Crippen LogP contribution in [0, 0.1) is 11.8 Å². The van der Waals surface area contributed by atoms with Crippen molar-refractivity contribution < 1.29 is 22.4 Å². The van der Waals surface area contributed by atoms with Crippen LogP contribution in [0.1, 0.15) is 56.2 Å². The topological polar surface area (TPSA) is 114 Å². The molecule has 3 heterocycles. The minimum absolute atomic E-state index is 0.0644. The van der Waals surface area contributed by atoms with E-state index in [1.54, 1.807) is 29.2 Å².